The lowest BCUT2D eigenvalue weighted by Gasteiger charge is -2.19. The number of alkyl halides is 4. The molecule has 0 saturated carbocycles. The highest BCUT2D eigenvalue weighted by Gasteiger charge is 2.30. The lowest BCUT2D eigenvalue weighted by Crippen LogP contribution is -2.22. The van der Waals surface area contributed by atoms with Crippen molar-refractivity contribution in [2.75, 3.05) is 18.5 Å². The van der Waals surface area contributed by atoms with E-state index in [4.69, 9.17) is 11.6 Å². The molecule has 0 radical (unpaired) electrons. The second-order valence-corrected chi connectivity index (χ2v) is 4.64. The van der Waals surface area contributed by atoms with E-state index in [-0.39, 0.29) is 5.38 Å². The first kappa shape index (κ1) is 14.1. The predicted octanol–water partition coefficient (Wildman–Crippen LogP) is 3.55. The van der Waals surface area contributed by atoms with Crippen LogP contribution in [0.25, 0.3) is 0 Å². The van der Waals surface area contributed by atoms with E-state index in [0.717, 1.165) is 12.1 Å². The van der Waals surface area contributed by atoms with Gasteiger partial charge in [-0.05, 0) is 25.5 Å². The summed E-state index contributed by atoms with van der Waals surface area (Å²) in [5, 5.41) is -0.0109. The van der Waals surface area contributed by atoms with Crippen LogP contribution < -0.4 is 4.90 Å². The van der Waals surface area contributed by atoms with Crippen molar-refractivity contribution in [2.45, 2.75) is 24.9 Å². The summed E-state index contributed by atoms with van der Waals surface area (Å²) in [6.45, 7) is 2.41. The first-order chi connectivity index (χ1) is 7.80. The first-order valence-electron chi connectivity index (χ1n) is 5.19. The molecule has 1 aromatic rings. The van der Waals surface area contributed by atoms with Crippen LogP contribution in [0.4, 0.5) is 19.0 Å². The van der Waals surface area contributed by atoms with Crippen LogP contribution in [0.5, 0.6) is 0 Å². The van der Waals surface area contributed by atoms with E-state index < -0.39 is 11.7 Å². The van der Waals surface area contributed by atoms with Crippen LogP contribution in [0.15, 0.2) is 18.3 Å². The van der Waals surface area contributed by atoms with Crippen LogP contribution >= 0.6 is 11.6 Å². The highest BCUT2D eigenvalue weighted by atomic mass is 35.5. The fourth-order valence-corrected chi connectivity index (χ4v) is 1.39. The molecule has 0 fully saturated rings. The molecule has 0 aliphatic rings. The van der Waals surface area contributed by atoms with Gasteiger partial charge in [-0.25, -0.2) is 4.98 Å². The third kappa shape index (κ3) is 4.42. The van der Waals surface area contributed by atoms with Gasteiger partial charge in [0.15, 0.2) is 0 Å². The number of hydrogen-bond acceptors (Lipinski definition) is 2. The summed E-state index contributed by atoms with van der Waals surface area (Å²) < 4.78 is 37.4. The molecule has 1 unspecified atom stereocenters. The van der Waals surface area contributed by atoms with Crippen molar-refractivity contribution >= 4 is 17.4 Å². The fourth-order valence-electron chi connectivity index (χ4n) is 1.29. The van der Waals surface area contributed by atoms with Crippen LogP contribution in [0.3, 0.4) is 0 Å². The van der Waals surface area contributed by atoms with Crippen LogP contribution in [0.1, 0.15) is 18.9 Å². The molecule has 1 aromatic heterocycles. The third-order valence-electron chi connectivity index (χ3n) is 2.33. The van der Waals surface area contributed by atoms with Gasteiger partial charge in [-0.15, -0.1) is 11.6 Å². The largest absolute Gasteiger partial charge is 0.416 e. The third-order valence-corrected chi connectivity index (χ3v) is 2.54. The van der Waals surface area contributed by atoms with E-state index in [1.54, 1.807) is 11.9 Å². The average Bonchev–Trinajstić information content (AvgIpc) is 2.25. The Kier molecular flexibility index (Phi) is 4.62. The smallest absolute Gasteiger partial charge is 0.360 e. The Bertz CT molecular complexity index is 366. The van der Waals surface area contributed by atoms with E-state index >= 15 is 0 Å². The van der Waals surface area contributed by atoms with E-state index in [1.165, 1.54) is 6.20 Å². The van der Waals surface area contributed by atoms with Gasteiger partial charge in [-0.1, -0.05) is 0 Å². The summed E-state index contributed by atoms with van der Waals surface area (Å²) in [5.74, 6) is 0.303. The van der Waals surface area contributed by atoms with Gasteiger partial charge in [0, 0.05) is 25.2 Å². The number of pyridine rings is 1. The van der Waals surface area contributed by atoms with E-state index in [9.17, 15) is 13.2 Å². The van der Waals surface area contributed by atoms with Gasteiger partial charge < -0.3 is 4.90 Å². The number of aromatic nitrogens is 1. The van der Waals surface area contributed by atoms with Crippen molar-refractivity contribution in [3.63, 3.8) is 0 Å². The topological polar surface area (TPSA) is 16.1 Å². The van der Waals surface area contributed by atoms with Crippen molar-refractivity contribution in [3.05, 3.63) is 23.9 Å². The number of hydrogen-bond donors (Lipinski definition) is 0. The molecule has 0 amide bonds. The zero-order valence-corrected chi connectivity index (χ0v) is 10.4. The maximum Gasteiger partial charge on any atom is 0.416 e. The van der Waals surface area contributed by atoms with Crippen molar-refractivity contribution in [2.24, 2.45) is 0 Å². The molecule has 6 heteroatoms. The minimum atomic E-state index is -4.34. The van der Waals surface area contributed by atoms with Crippen molar-refractivity contribution in [1.82, 2.24) is 4.98 Å². The Hall–Kier alpha value is -0.970. The molecule has 0 spiro atoms. The molecule has 1 heterocycles. The number of anilines is 1. The lowest BCUT2D eigenvalue weighted by molar-refractivity contribution is -0.137. The molecule has 0 saturated heterocycles. The van der Waals surface area contributed by atoms with Crippen LogP contribution in [0, 0.1) is 0 Å². The number of nitrogens with zero attached hydrogens (tertiary/aromatic N) is 2. The van der Waals surface area contributed by atoms with Crippen LogP contribution in [-0.2, 0) is 6.18 Å². The summed E-state index contributed by atoms with van der Waals surface area (Å²) in [5.41, 5.74) is -0.687. The Morgan fingerprint density at radius 2 is 2.12 bits per heavy atom. The number of halogens is 4. The van der Waals surface area contributed by atoms with Gasteiger partial charge in [0.2, 0.25) is 0 Å². The normalized spacial score (nSPS) is 13.5. The Balaban J connectivity index is 2.77. The molecule has 0 aliphatic heterocycles. The van der Waals surface area contributed by atoms with E-state index in [0.29, 0.717) is 18.8 Å². The van der Waals surface area contributed by atoms with Crippen molar-refractivity contribution in [1.29, 1.82) is 0 Å². The zero-order chi connectivity index (χ0) is 13.1. The highest BCUT2D eigenvalue weighted by Crippen LogP contribution is 2.30. The summed E-state index contributed by atoms with van der Waals surface area (Å²) in [7, 11) is 1.70. The van der Waals surface area contributed by atoms with Crippen molar-refractivity contribution in [3.8, 4) is 0 Å². The molecule has 0 bridgehead atoms. The van der Waals surface area contributed by atoms with Gasteiger partial charge in [0.25, 0.3) is 0 Å². The summed E-state index contributed by atoms with van der Waals surface area (Å²) in [4.78, 5) is 5.57. The molecule has 17 heavy (non-hydrogen) atoms. The Morgan fingerprint density at radius 3 is 2.65 bits per heavy atom. The van der Waals surface area contributed by atoms with Crippen LogP contribution in [-0.4, -0.2) is 24.0 Å². The highest BCUT2D eigenvalue weighted by molar-refractivity contribution is 6.20. The van der Waals surface area contributed by atoms with Gasteiger partial charge in [0.1, 0.15) is 5.82 Å². The minimum Gasteiger partial charge on any atom is -0.360 e. The summed E-state index contributed by atoms with van der Waals surface area (Å²) >= 11 is 5.79. The molecule has 0 N–H and O–H groups in total. The molecule has 0 aliphatic carbocycles. The van der Waals surface area contributed by atoms with E-state index in [2.05, 4.69) is 4.98 Å². The second-order valence-electron chi connectivity index (χ2n) is 3.89. The lowest BCUT2D eigenvalue weighted by atomic mass is 10.2. The maximum absolute atomic E-state index is 12.5. The van der Waals surface area contributed by atoms with E-state index in [1.807, 2.05) is 6.92 Å². The summed E-state index contributed by atoms with van der Waals surface area (Å²) in [6.07, 6.45) is -2.48. The average molecular weight is 267 g/mol. The molecule has 0 aromatic carbocycles. The quantitative estimate of drug-likeness (QED) is 0.775. The fraction of sp³-hybridized carbons (Fsp3) is 0.545. The van der Waals surface area contributed by atoms with Crippen molar-refractivity contribution < 1.29 is 13.2 Å². The molecular formula is C11H14ClF3N2. The standard InChI is InChI=1S/C11H14ClF3N2/c1-8(12)4-6-17(2)10-7-9(3-5-16-10)11(13,14)15/h3,5,7-8H,4,6H2,1-2H3. The first-order valence-corrected chi connectivity index (χ1v) is 5.63. The molecular weight excluding hydrogens is 253 g/mol. The summed E-state index contributed by atoms with van der Waals surface area (Å²) in [6, 6.07) is 2.00. The minimum absolute atomic E-state index is 0.0109. The van der Waals surface area contributed by atoms with Gasteiger partial charge >= 0.3 is 6.18 Å². The van der Waals surface area contributed by atoms with Gasteiger partial charge in [-0.2, -0.15) is 13.2 Å². The molecule has 1 rings (SSSR count). The van der Waals surface area contributed by atoms with Gasteiger partial charge in [-0.3, -0.25) is 0 Å². The second kappa shape index (κ2) is 5.58. The number of rotatable bonds is 4. The predicted molar refractivity (Wildman–Crippen MR) is 62.4 cm³/mol. The SMILES string of the molecule is CC(Cl)CCN(C)c1cc(C(F)(F)F)ccn1. The maximum atomic E-state index is 12.5. The molecule has 1 atom stereocenters. The molecule has 2 nitrogen and oxygen atoms in total. The zero-order valence-electron chi connectivity index (χ0n) is 9.63. The Labute approximate surface area is 103 Å². The monoisotopic (exact) mass is 266 g/mol. The Morgan fingerprint density at radius 1 is 1.47 bits per heavy atom. The van der Waals surface area contributed by atoms with Gasteiger partial charge in [0.05, 0.1) is 5.56 Å². The van der Waals surface area contributed by atoms with Crippen LogP contribution in [0.2, 0.25) is 0 Å². The molecule has 96 valence electrons.